The number of pyridine rings is 4. The number of para-hydroxylation sites is 1. The minimum atomic E-state index is 0.919. The van der Waals surface area contributed by atoms with Crippen LogP contribution in [0.4, 0.5) is 0 Å². The third-order valence-corrected chi connectivity index (χ3v) is 10.0. The van der Waals surface area contributed by atoms with Gasteiger partial charge in [0.25, 0.3) is 0 Å². The third-order valence-electron chi connectivity index (χ3n) is 10.0. The molecule has 0 aliphatic carbocycles. The number of fused-ring (bicyclic) bond motifs is 5. The van der Waals surface area contributed by atoms with Gasteiger partial charge in [-0.25, -0.2) is 9.50 Å². The first-order valence-corrected chi connectivity index (χ1v) is 17.7. The number of nitrogens with zero attached hydrogens (tertiary/aromatic N) is 5. The zero-order chi connectivity index (χ0) is 35.1. The van der Waals surface area contributed by atoms with Crippen molar-refractivity contribution in [1.29, 1.82) is 0 Å². The summed E-state index contributed by atoms with van der Waals surface area (Å²) < 4.78 is 2.10. The van der Waals surface area contributed by atoms with Crippen LogP contribution in [-0.4, -0.2) is 24.6 Å². The quantitative estimate of drug-likeness (QED) is 0.176. The lowest BCUT2D eigenvalue weighted by Gasteiger charge is -2.13. The number of hydrogen-bond donors (Lipinski definition) is 0. The second kappa shape index (κ2) is 12.8. The molecule has 0 amide bonds. The molecule has 10 aromatic rings. The summed E-state index contributed by atoms with van der Waals surface area (Å²) in [7, 11) is 0. The first kappa shape index (κ1) is 30.6. The molecule has 5 heteroatoms. The van der Waals surface area contributed by atoms with Crippen molar-refractivity contribution in [3.05, 3.63) is 189 Å². The van der Waals surface area contributed by atoms with Crippen LogP contribution in [0.25, 0.3) is 94.3 Å². The Bertz CT molecular complexity index is 2800. The van der Waals surface area contributed by atoms with Crippen molar-refractivity contribution in [3.63, 3.8) is 0 Å². The first-order chi connectivity index (χ1) is 26.2. The molecular weight excluding hydrogens is 647 g/mol. The minimum absolute atomic E-state index is 0.919. The second-order valence-electron chi connectivity index (χ2n) is 13.2. The standard InChI is InChI=1S/C48H31N5/c1-4-8-47-40(5-1)29-43(48-42-6-2-3-7-44(42)52-53(47)48)37-15-9-34(10-16-37)41-30-45(38-17-11-32(12-18-38)35-21-25-49-26-22-35)51-46(31-41)39-19-13-33(14-20-39)36-23-27-50-28-24-36/h1-31H. The summed E-state index contributed by atoms with van der Waals surface area (Å²) in [5.74, 6) is 0. The molecule has 0 atom stereocenters. The number of rotatable bonds is 6. The van der Waals surface area contributed by atoms with Gasteiger partial charge in [-0.15, -0.1) is 0 Å². The Kier molecular flexibility index (Phi) is 7.40. The van der Waals surface area contributed by atoms with Crippen LogP contribution in [-0.2, 0) is 0 Å². The smallest absolute Gasteiger partial charge is 0.0934 e. The largest absolute Gasteiger partial charge is 0.265 e. The number of hydrogen-bond acceptors (Lipinski definition) is 4. The van der Waals surface area contributed by atoms with Crippen molar-refractivity contribution in [2.45, 2.75) is 0 Å². The van der Waals surface area contributed by atoms with Gasteiger partial charge in [0.2, 0.25) is 0 Å². The predicted octanol–water partition coefficient (Wildman–Crippen LogP) is 11.8. The van der Waals surface area contributed by atoms with E-state index in [-0.39, 0.29) is 0 Å². The van der Waals surface area contributed by atoms with Gasteiger partial charge in [-0.3, -0.25) is 9.97 Å². The number of aromatic nitrogens is 5. The Morgan fingerprint density at radius 3 is 1.45 bits per heavy atom. The highest BCUT2D eigenvalue weighted by atomic mass is 15.2. The first-order valence-electron chi connectivity index (χ1n) is 17.7. The summed E-state index contributed by atoms with van der Waals surface area (Å²) >= 11 is 0. The van der Waals surface area contributed by atoms with Gasteiger partial charge in [-0.2, -0.15) is 5.10 Å². The van der Waals surface area contributed by atoms with Crippen LogP contribution >= 0.6 is 0 Å². The van der Waals surface area contributed by atoms with Crippen LogP contribution in [0.3, 0.4) is 0 Å². The average molecular weight is 678 g/mol. The van der Waals surface area contributed by atoms with Crippen LogP contribution in [0.2, 0.25) is 0 Å². The summed E-state index contributed by atoms with van der Waals surface area (Å²) in [4.78, 5) is 13.6. The maximum absolute atomic E-state index is 5.23. The van der Waals surface area contributed by atoms with Crippen molar-refractivity contribution in [2.75, 3.05) is 0 Å². The summed E-state index contributed by atoms with van der Waals surface area (Å²) in [5, 5.41) is 7.32. The lowest BCUT2D eigenvalue weighted by molar-refractivity contribution is 1.03. The molecule has 0 aliphatic heterocycles. The Hall–Kier alpha value is -7.24. The lowest BCUT2D eigenvalue weighted by atomic mass is 9.96. The van der Waals surface area contributed by atoms with Gasteiger partial charge in [-0.05, 0) is 93.5 Å². The summed E-state index contributed by atoms with van der Waals surface area (Å²) in [6.45, 7) is 0. The summed E-state index contributed by atoms with van der Waals surface area (Å²) in [6.07, 6.45) is 7.30. The average Bonchev–Trinajstić information content (AvgIpc) is 3.64. The molecule has 0 unspecified atom stereocenters. The van der Waals surface area contributed by atoms with E-state index in [1.165, 1.54) is 0 Å². The molecule has 0 fully saturated rings. The maximum atomic E-state index is 5.23. The zero-order valence-electron chi connectivity index (χ0n) is 28.6. The van der Waals surface area contributed by atoms with Crippen molar-refractivity contribution >= 4 is 27.3 Å². The van der Waals surface area contributed by atoms with Gasteiger partial charge in [0.05, 0.1) is 27.9 Å². The summed E-state index contributed by atoms with van der Waals surface area (Å²) in [6, 6.07) is 57.8. The molecule has 0 radical (unpaired) electrons. The molecule has 5 aromatic carbocycles. The monoisotopic (exact) mass is 677 g/mol. The van der Waals surface area contributed by atoms with Gasteiger partial charge in [-0.1, -0.05) is 109 Å². The van der Waals surface area contributed by atoms with E-state index in [0.717, 1.165) is 94.3 Å². The second-order valence-corrected chi connectivity index (χ2v) is 13.2. The van der Waals surface area contributed by atoms with Crippen molar-refractivity contribution in [3.8, 4) is 67.0 Å². The van der Waals surface area contributed by atoms with Crippen LogP contribution in [0.1, 0.15) is 0 Å². The zero-order valence-corrected chi connectivity index (χ0v) is 28.6. The Balaban J connectivity index is 1.08. The molecule has 53 heavy (non-hydrogen) atoms. The van der Waals surface area contributed by atoms with E-state index in [1.807, 2.05) is 55.1 Å². The van der Waals surface area contributed by atoms with Gasteiger partial charge < -0.3 is 0 Å². The van der Waals surface area contributed by atoms with Crippen LogP contribution in [0.5, 0.6) is 0 Å². The molecule has 0 saturated carbocycles. The molecule has 5 heterocycles. The van der Waals surface area contributed by atoms with Gasteiger partial charge >= 0.3 is 0 Å². The highest BCUT2D eigenvalue weighted by molar-refractivity contribution is 6.06. The van der Waals surface area contributed by atoms with E-state index in [9.17, 15) is 0 Å². The molecule has 10 rings (SSSR count). The SMILES string of the molecule is c1ccc2c(c1)cc(-c1ccc(-c3cc(-c4ccc(-c5ccncc5)cc4)nc(-c4ccc(-c5ccncc5)cc4)c3)cc1)c1c3ccccc3nn21. The van der Waals surface area contributed by atoms with Crippen LogP contribution in [0, 0.1) is 0 Å². The molecule has 0 saturated heterocycles. The van der Waals surface area contributed by atoms with Crippen LogP contribution in [0.15, 0.2) is 189 Å². The maximum Gasteiger partial charge on any atom is 0.0934 e. The topological polar surface area (TPSA) is 56.0 Å². The molecule has 0 spiro atoms. The minimum Gasteiger partial charge on any atom is -0.265 e. The molecule has 248 valence electrons. The molecule has 0 aliphatic rings. The van der Waals surface area contributed by atoms with Crippen LogP contribution < -0.4 is 0 Å². The number of benzene rings is 5. The molecule has 0 bridgehead atoms. The van der Waals surface area contributed by atoms with Crippen molar-refractivity contribution in [2.24, 2.45) is 0 Å². The Morgan fingerprint density at radius 2 is 0.849 bits per heavy atom. The predicted molar refractivity (Wildman–Crippen MR) is 216 cm³/mol. The Labute approximate surface area is 306 Å². The molecular formula is C48H31N5. The van der Waals surface area contributed by atoms with E-state index in [4.69, 9.17) is 10.1 Å². The van der Waals surface area contributed by atoms with E-state index >= 15 is 0 Å². The van der Waals surface area contributed by atoms with Crippen molar-refractivity contribution in [1.82, 2.24) is 24.6 Å². The van der Waals surface area contributed by atoms with E-state index < -0.39 is 0 Å². The van der Waals surface area contributed by atoms with Gasteiger partial charge in [0.15, 0.2) is 0 Å². The van der Waals surface area contributed by atoms with Crippen molar-refractivity contribution < 1.29 is 0 Å². The third kappa shape index (κ3) is 5.61. The lowest BCUT2D eigenvalue weighted by Crippen LogP contribution is -1.94. The molecule has 5 nitrogen and oxygen atoms in total. The van der Waals surface area contributed by atoms with E-state index in [1.54, 1.807) is 0 Å². The fourth-order valence-electron chi connectivity index (χ4n) is 7.30. The molecule has 5 aromatic heterocycles. The molecule has 0 N–H and O–H groups in total. The van der Waals surface area contributed by atoms with E-state index in [0.29, 0.717) is 0 Å². The fraction of sp³-hybridized carbons (Fsp3) is 0. The normalized spacial score (nSPS) is 11.4. The Morgan fingerprint density at radius 1 is 0.377 bits per heavy atom. The summed E-state index contributed by atoms with van der Waals surface area (Å²) in [5.41, 5.74) is 16.2. The van der Waals surface area contributed by atoms with Gasteiger partial charge in [0, 0.05) is 52.3 Å². The highest BCUT2D eigenvalue weighted by Gasteiger charge is 2.15. The van der Waals surface area contributed by atoms with E-state index in [2.05, 4.69) is 148 Å². The van der Waals surface area contributed by atoms with Gasteiger partial charge in [0.1, 0.15) is 0 Å². The highest BCUT2D eigenvalue weighted by Crippen LogP contribution is 2.37. The fourth-order valence-corrected chi connectivity index (χ4v) is 7.30.